The lowest BCUT2D eigenvalue weighted by Crippen LogP contribution is -2.16. The van der Waals surface area contributed by atoms with Crippen LogP contribution in [0.4, 0.5) is 5.69 Å². The second-order valence-electron chi connectivity index (χ2n) is 5.38. The molecule has 3 rings (SSSR count). The summed E-state index contributed by atoms with van der Waals surface area (Å²) in [5, 5.41) is 4.24. The van der Waals surface area contributed by atoms with Gasteiger partial charge < -0.3 is 19.4 Å². The van der Waals surface area contributed by atoms with Gasteiger partial charge in [-0.1, -0.05) is 29.8 Å². The SMILES string of the molecule is COc1cc(NC(=O)c2c(Br)c3ccccc3n2C)c(OC)cc1Cl. The standard InChI is InChI=1S/C18H16BrClN2O3/c1-22-13-7-5-4-6-10(13)16(19)17(22)18(23)21-12-9-14(24-2)11(20)8-15(12)25-3/h4-9H,1-3H3,(H,21,23). The molecule has 0 bridgehead atoms. The molecule has 0 saturated carbocycles. The maximum atomic E-state index is 12.9. The van der Waals surface area contributed by atoms with Crippen molar-refractivity contribution in [1.82, 2.24) is 4.57 Å². The second kappa shape index (κ2) is 6.98. The fourth-order valence-corrected chi connectivity index (χ4v) is 3.75. The molecule has 5 nitrogen and oxygen atoms in total. The second-order valence-corrected chi connectivity index (χ2v) is 6.58. The highest BCUT2D eigenvalue weighted by atomic mass is 79.9. The number of fused-ring (bicyclic) bond motifs is 1. The minimum Gasteiger partial charge on any atom is -0.495 e. The van der Waals surface area contributed by atoms with Crippen LogP contribution < -0.4 is 14.8 Å². The van der Waals surface area contributed by atoms with Gasteiger partial charge in [-0.2, -0.15) is 0 Å². The van der Waals surface area contributed by atoms with Crippen LogP contribution in [0.3, 0.4) is 0 Å². The minimum absolute atomic E-state index is 0.270. The molecule has 25 heavy (non-hydrogen) atoms. The van der Waals surface area contributed by atoms with Gasteiger partial charge in [-0.05, 0) is 22.0 Å². The number of ether oxygens (including phenoxy) is 2. The molecule has 0 saturated heterocycles. The van der Waals surface area contributed by atoms with Crippen molar-refractivity contribution in [2.24, 2.45) is 7.05 Å². The normalized spacial score (nSPS) is 10.8. The molecule has 1 amide bonds. The smallest absolute Gasteiger partial charge is 0.273 e. The Kier molecular flexibility index (Phi) is 4.92. The number of aryl methyl sites for hydroxylation is 1. The third-order valence-electron chi connectivity index (χ3n) is 3.98. The van der Waals surface area contributed by atoms with Crippen LogP contribution in [-0.2, 0) is 7.05 Å². The number of benzene rings is 2. The van der Waals surface area contributed by atoms with Crippen LogP contribution in [0.5, 0.6) is 11.5 Å². The Morgan fingerprint density at radius 2 is 1.84 bits per heavy atom. The average Bonchev–Trinajstić information content (AvgIpc) is 2.87. The molecule has 0 aliphatic heterocycles. The van der Waals surface area contributed by atoms with E-state index in [2.05, 4.69) is 21.2 Å². The van der Waals surface area contributed by atoms with Crippen molar-refractivity contribution in [1.29, 1.82) is 0 Å². The van der Waals surface area contributed by atoms with E-state index in [0.717, 1.165) is 15.4 Å². The van der Waals surface area contributed by atoms with Gasteiger partial charge in [-0.25, -0.2) is 0 Å². The first-order chi connectivity index (χ1) is 12.0. The molecule has 0 atom stereocenters. The summed E-state index contributed by atoms with van der Waals surface area (Å²) in [5.41, 5.74) is 1.95. The van der Waals surface area contributed by atoms with Crippen LogP contribution in [0, 0.1) is 0 Å². The van der Waals surface area contributed by atoms with E-state index in [1.807, 2.05) is 35.9 Å². The molecular weight excluding hydrogens is 408 g/mol. The molecule has 130 valence electrons. The Morgan fingerprint density at radius 1 is 1.16 bits per heavy atom. The lowest BCUT2D eigenvalue weighted by atomic mass is 10.2. The number of methoxy groups -OCH3 is 2. The predicted octanol–water partition coefficient (Wildman–Crippen LogP) is 4.86. The maximum absolute atomic E-state index is 12.9. The van der Waals surface area contributed by atoms with Crippen LogP contribution in [0.25, 0.3) is 10.9 Å². The Morgan fingerprint density at radius 3 is 2.48 bits per heavy atom. The van der Waals surface area contributed by atoms with E-state index in [1.54, 1.807) is 12.1 Å². The lowest BCUT2D eigenvalue weighted by Gasteiger charge is -2.13. The maximum Gasteiger partial charge on any atom is 0.273 e. The van der Waals surface area contributed by atoms with E-state index in [-0.39, 0.29) is 5.91 Å². The Bertz CT molecular complexity index is 930. The summed E-state index contributed by atoms with van der Waals surface area (Å²) < 4.78 is 13.1. The number of para-hydroxylation sites is 1. The van der Waals surface area contributed by atoms with Gasteiger partial charge in [-0.15, -0.1) is 0 Å². The highest BCUT2D eigenvalue weighted by Gasteiger charge is 2.21. The first-order valence-corrected chi connectivity index (χ1v) is 8.60. The molecule has 1 aromatic heterocycles. The zero-order valence-electron chi connectivity index (χ0n) is 13.9. The van der Waals surface area contributed by atoms with Crippen molar-refractivity contribution in [3.05, 3.63) is 51.6 Å². The molecule has 0 radical (unpaired) electrons. The number of rotatable bonds is 4. The third kappa shape index (κ3) is 3.07. The number of nitrogens with one attached hydrogen (secondary N) is 1. The Hall–Kier alpha value is -2.18. The first-order valence-electron chi connectivity index (χ1n) is 7.43. The predicted molar refractivity (Wildman–Crippen MR) is 103 cm³/mol. The lowest BCUT2D eigenvalue weighted by molar-refractivity contribution is 0.101. The van der Waals surface area contributed by atoms with Gasteiger partial charge in [-0.3, -0.25) is 4.79 Å². The van der Waals surface area contributed by atoms with E-state index in [0.29, 0.717) is 27.9 Å². The summed E-state index contributed by atoms with van der Waals surface area (Å²) >= 11 is 9.64. The molecule has 0 spiro atoms. The van der Waals surface area contributed by atoms with Gasteiger partial charge in [0.25, 0.3) is 5.91 Å². The minimum atomic E-state index is -0.270. The zero-order chi connectivity index (χ0) is 18.1. The molecular formula is C18H16BrClN2O3. The third-order valence-corrected chi connectivity index (χ3v) is 5.08. The highest BCUT2D eigenvalue weighted by Crippen LogP contribution is 2.37. The molecule has 0 unspecified atom stereocenters. The van der Waals surface area contributed by atoms with E-state index in [1.165, 1.54) is 14.2 Å². The number of amides is 1. The summed E-state index contributed by atoms with van der Waals surface area (Å²) in [7, 11) is 4.88. The fourth-order valence-electron chi connectivity index (χ4n) is 2.74. The fraction of sp³-hybridized carbons (Fsp3) is 0.167. The summed E-state index contributed by atoms with van der Waals surface area (Å²) in [5.74, 6) is 0.635. The molecule has 7 heteroatoms. The zero-order valence-corrected chi connectivity index (χ0v) is 16.2. The number of carbonyl (C=O) groups is 1. The van der Waals surface area contributed by atoms with Crippen LogP contribution in [0.2, 0.25) is 5.02 Å². The number of carbonyl (C=O) groups excluding carboxylic acids is 1. The van der Waals surface area contributed by atoms with Crippen molar-refractivity contribution in [2.75, 3.05) is 19.5 Å². The van der Waals surface area contributed by atoms with Crippen LogP contribution in [-0.4, -0.2) is 24.7 Å². The van der Waals surface area contributed by atoms with Crippen molar-refractivity contribution >= 4 is 50.0 Å². The number of hydrogen-bond acceptors (Lipinski definition) is 3. The van der Waals surface area contributed by atoms with Gasteiger partial charge in [0.15, 0.2) is 0 Å². The number of aromatic nitrogens is 1. The quantitative estimate of drug-likeness (QED) is 0.652. The van der Waals surface area contributed by atoms with Gasteiger partial charge >= 0.3 is 0 Å². The van der Waals surface area contributed by atoms with E-state index < -0.39 is 0 Å². The van der Waals surface area contributed by atoms with Crippen molar-refractivity contribution in [3.63, 3.8) is 0 Å². The summed E-state index contributed by atoms with van der Waals surface area (Å²) in [6, 6.07) is 11.0. The molecule has 3 aromatic rings. The molecule has 0 aliphatic rings. The average molecular weight is 424 g/mol. The first kappa shape index (κ1) is 17.6. The molecule has 1 N–H and O–H groups in total. The van der Waals surface area contributed by atoms with Gasteiger partial charge in [0.05, 0.1) is 29.4 Å². The van der Waals surface area contributed by atoms with Crippen molar-refractivity contribution < 1.29 is 14.3 Å². The molecule has 1 heterocycles. The number of anilines is 1. The van der Waals surface area contributed by atoms with Crippen LogP contribution in [0.15, 0.2) is 40.9 Å². The summed E-state index contributed by atoms with van der Waals surface area (Å²) in [4.78, 5) is 12.9. The van der Waals surface area contributed by atoms with Crippen LogP contribution >= 0.6 is 27.5 Å². The molecule has 0 aliphatic carbocycles. The number of halogens is 2. The largest absolute Gasteiger partial charge is 0.495 e. The van der Waals surface area contributed by atoms with E-state index >= 15 is 0 Å². The van der Waals surface area contributed by atoms with Crippen LogP contribution in [0.1, 0.15) is 10.5 Å². The number of hydrogen-bond donors (Lipinski definition) is 1. The van der Waals surface area contributed by atoms with Gasteiger partial charge in [0.2, 0.25) is 0 Å². The number of nitrogens with zero attached hydrogens (tertiary/aromatic N) is 1. The van der Waals surface area contributed by atoms with Gasteiger partial charge in [0.1, 0.15) is 17.2 Å². The highest BCUT2D eigenvalue weighted by molar-refractivity contribution is 9.10. The van der Waals surface area contributed by atoms with Gasteiger partial charge in [0, 0.05) is 30.1 Å². The topological polar surface area (TPSA) is 52.5 Å². The molecule has 0 fully saturated rings. The Labute approximate surface area is 158 Å². The van der Waals surface area contributed by atoms with E-state index in [9.17, 15) is 4.79 Å². The van der Waals surface area contributed by atoms with Crippen molar-refractivity contribution in [2.45, 2.75) is 0 Å². The monoisotopic (exact) mass is 422 g/mol. The summed E-state index contributed by atoms with van der Waals surface area (Å²) in [6.07, 6.45) is 0. The van der Waals surface area contributed by atoms with Crippen molar-refractivity contribution in [3.8, 4) is 11.5 Å². The Balaban J connectivity index is 2.04. The molecule has 2 aromatic carbocycles. The van der Waals surface area contributed by atoms with E-state index in [4.69, 9.17) is 21.1 Å². The summed E-state index contributed by atoms with van der Waals surface area (Å²) in [6.45, 7) is 0.